The highest BCUT2D eigenvalue weighted by Gasteiger charge is 2.27. The molecule has 1 unspecified atom stereocenters. The van der Waals surface area contributed by atoms with Crippen molar-refractivity contribution in [1.82, 2.24) is 15.1 Å². The molecule has 3 aromatic rings. The van der Waals surface area contributed by atoms with E-state index in [9.17, 15) is 9.59 Å². The van der Waals surface area contributed by atoms with Crippen LogP contribution >= 0.6 is 0 Å². The third kappa shape index (κ3) is 3.29. The summed E-state index contributed by atoms with van der Waals surface area (Å²) in [5, 5.41) is 7.15. The molecule has 2 heterocycles. The van der Waals surface area contributed by atoms with E-state index >= 15 is 0 Å². The molecule has 2 aromatic carbocycles. The molecule has 6 heteroatoms. The maximum absolute atomic E-state index is 12.7. The van der Waals surface area contributed by atoms with Crippen LogP contribution in [0.25, 0.3) is 5.69 Å². The van der Waals surface area contributed by atoms with E-state index in [0.717, 1.165) is 17.0 Å². The lowest BCUT2D eigenvalue weighted by Gasteiger charge is -2.11. The lowest BCUT2D eigenvalue weighted by molar-refractivity contribution is -0.117. The number of nitrogens with one attached hydrogen (secondary N) is 1. The average molecular weight is 375 g/mol. The molecule has 1 N–H and O–H groups in total. The number of para-hydroxylation sites is 2. The summed E-state index contributed by atoms with van der Waals surface area (Å²) >= 11 is 0. The van der Waals surface area contributed by atoms with Gasteiger partial charge in [0.2, 0.25) is 0 Å². The van der Waals surface area contributed by atoms with Crippen molar-refractivity contribution in [2.75, 3.05) is 6.54 Å². The summed E-state index contributed by atoms with van der Waals surface area (Å²) in [5.74, 6) is -0.380. The van der Waals surface area contributed by atoms with Gasteiger partial charge in [0.15, 0.2) is 0 Å². The van der Waals surface area contributed by atoms with Crippen molar-refractivity contribution in [3.05, 3.63) is 77.1 Å². The van der Waals surface area contributed by atoms with Crippen LogP contribution < -0.4 is 10.1 Å². The van der Waals surface area contributed by atoms with Crippen LogP contribution in [0.4, 0.5) is 0 Å². The van der Waals surface area contributed by atoms with E-state index in [-0.39, 0.29) is 12.6 Å². The van der Waals surface area contributed by atoms with E-state index in [1.54, 1.807) is 18.5 Å². The lowest BCUT2D eigenvalue weighted by Crippen LogP contribution is -2.38. The summed E-state index contributed by atoms with van der Waals surface area (Å²) in [4.78, 5) is 25.2. The number of nitrogens with zero attached hydrogens (tertiary/aromatic N) is 2. The summed E-state index contributed by atoms with van der Waals surface area (Å²) < 4.78 is 7.50. The first-order valence-electron chi connectivity index (χ1n) is 9.23. The molecule has 28 heavy (non-hydrogen) atoms. The fraction of sp³-hybridized carbons (Fsp3) is 0.227. The maximum Gasteiger partial charge on any atom is 0.292 e. The van der Waals surface area contributed by atoms with Gasteiger partial charge in [0, 0.05) is 6.42 Å². The molecule has 0 saturated heterocycles. The van der Waals surface area contributed by atoms with E-state index in [2.05, 4.69) is 10.4 Å². The Morgan fingerprint density at radius 3 is 2.57 bits per heavy atom. The Kier molecular flexibility index (Phi) is 4.69. The van der Waals surface area contributed by atoms with Gasteiger partial charge < -0.3 is 10.1 Å². The highest BCUT2D eigenvalue weighted by molar-refractivity contribution is 6.43. The normalized spacial score (nSPS) is 15.0. The number of Topliss-reactive ketones (excluding diaryl/α,β-unsaturated/α-hetero) is 1. The summed E-state index contributed by atoms with van der Waals surface area (Å²) in [6, 6.07) is 17.3. The van der Waals surface area contributed by atoms with Gasteiger partial charge in [-0.2, -0.15) is 5.10 Å². The van der Waals surface area contributed by atoms with Gasteiger partial charge in [-0.1, -0.05) is 36.4 Å². The molecule has 1 amide bonds. The molecule has 1 aliphatic heterocycles. The molecule has 0 saturated carbocycles. The molecule has 6 nitrogen and oxygen atoms in total. The Balaban J connectivity index is 1.45. The Bertz CT molecular complexity index is 1020. The van der Waals surface area contributed by atoms with Gasteiger partial charge in [0.1, 0.15) is 11.9 Å². The van der Waals surface area contributed by atoms with Gasteiger partial charge in [-0.25, -0.2) is 4.68 Å². The van der Waals surface area contributed by atoms with Gasteiger partial charge in [-0.15, -0.1) is 0 Å². The summed E-state index contributed by atoms with van der Waals surface area (Å²) in [5.41, 5.74) is 3.49. The predicted octanol–water partition coefficient (Wildman–Crippen LogP) is 2.79. The number of aryl methyl sites for hydroxylation is 1. The number of hydrogen-bond donors (Lipinski definition) is 1. The first-order chi connectivity index (χ1) is 13.5. The molecule has 142 valence electrons. The van der Waals surface area contributed by atoms with Gasteiger partial charge >= 0.3 is 0 Å². The van der Waals surface area contributed by atoms with E-state index in [0.29, 0.717) is 23.4 Å². The van der Waals surface area contributed by atoms with Crippen molar-refractivity contribution < 1.29 is 14.3 Å². The van der Waals surface area contributed by atoms with Crippen molar-refractivity contribution in [2.45, 2.75) is 26.4 Å². The molecule has 1 aliphatic rings. The smallest absolute Gasteiger partial charge is 0.292 e. The monoisotopic (exact) mass is 375 g/mol. The fourth-order valence-corrected chi connectivity index (χ4v) is 3.56. The zero-order valence-electron chi connectivity index (χ0n) is 15.8. The number of ketones is 1. The quantitative estimate of drug-likeness (QED) is 0.550. The maximum atomic E-state index is 12.7. The van der Waals surface area contributed by atoms with E-state index < -0.39 is 11.7 Å². The average Bonchev–Trinajstić information content (AvgIpc) is 3.26. The minimum atomic E-state index is -0.640. The molecule has 4 rings (SSSR count). The van der Waals surface area contributed by atoms with E-state index in [1.165, 1.54) is 0 Å². The van der Waals surface area contributed by atoms with Gasteiger partial charge in [-0.3, -0.25) is 9.59 Å². The molecule has 1 aromatic heterocycles. The number of benzene rings is 2. The van der Waals surface area contributed by atoms with Crippen LogP contribution in [-0.2, 0) is 11.2 Å². The molecule has 0 spiro atoms. The largest absolute Gasteiger partial charge is 0.488 e. The number of rotatable bonds is 5. The second kappa shape index (κ2) is 7.31. The minimum Gasteiger partial charge on any atom is -0.488 e. The first kappa shape index (κ1) is 18.0. The minimum absolute atomic E-state index is 0.164. The fourth-order valence-electron chi connectivity index (χ4n) is 3.56. The van der Waals surface area contributed by atoms with Crippen LogP contribution in [0.5, 0.6) is 5.75 Å². The van der Waals surface area contributed by atoms with Crippen LogP contribution in [0.3, 0.4) is 0 Å². The number of hydrogen-bond acceptors (Lipinski definition) is 4. The Hall–Kier alpha value is -3.41. The summed E-state index contributed by atoms with van der Waals surface area (Å²) in [6.07, 6.45) is 0.553. The SMILES string of the molecule is Cc1nn(-c2ccccc2)c(C)c1C(=O)C(=O)NCC1Cc2ccccc2O1. The van der Waals surface area contributed by atoms with Crippen LogP contribution in [-0.4, -0.2) is 34.1 Å². The van der Waals surface area contributed by atoms with Crippen LogP contribution in [0, 0.1) is 13.8 Å². The van der Waals surface area contributed by atoms with E-state index in [1.807, 2.05) is 54.6 Å². The van der Waals surface area contributed by atoms with Crippen LogP contribution in [0.2, 0.25) is 0 Å². The second-order valence-electron chi connectivity index (χ2n) is 6.88. The highest BCUT2D eigenvalue weighted by Crippen LogP contribution is 2.27. The molecule has 1 atom stereocenters. The highest BCUT2D eigenvalue weighted by atomic mass is 16.5. The van der Waals surface area contributed by atoms with Crippen molar-refractivity contribution in [3.8, 4) is 11.4 Å². The zero-order chi connectivity index (χ0) is 19.7. The Morgan fingerprint density at radius 1 is 1.11 bits per heavy atom. The van der Waals surface area contributed by atoms with Crippen LogP contribution in [0.15, 0.2) is 54.6 Å². The number of fused-ring (bicyclic) bond motifs is 1. The van der Waals surface area contributed by atoms with Crippen LogP contribution in [0.1, 0.15) is 27.3 Å². The molecule has 0 bridgehead atoms. The zero-order valence-corrected chi connectivity index (χ0v) is 15.8. The predicted molar refractivity (Wildman–Crippen MR) is 105 cm³/mol. The van der Waals surface area contributed by atoms with E-state index in [4.69, 9.17) is 4.74 Å². The van der Waals surface area contributed by atoms with Crippen molar-refractivity contribution in [3.63, 3.8) is 0 Å². The van der Waals surface area contributed by atoms with Gasteiger partial charge in [0.25, 0.3) is 11.7 Å². The molecule has 0 fully saturated rings. The number of amides is 1. The first-order valence-corrected chi connectivity index (χ1v) is 9.23. The Labute approximate surface area is 163 Å². The Morgan fingerprint density at radius 2 is 1.82 bits per heavy atom. The number of carbonyl (C=O) groups is 2. The standard InChI is InChI=1S/C22H21N3O3/c1-14-20(15(2)25(24-14)17-9-4-3-5-10-17)21(26)22(27)23-13-18-12-16-8-6-7-11-19(16)28-18/h3-11,18H,12-13H2,1-2H3,(H,23,27). The topological polar surface area (TPSA) is 73.2 Å². The molecule has 0 radical (unpaired) electrons. The number of aromatic nitrogens is 2. The van der Waals surface area contributed by atoms with Gasteiger partial charge in [0.05, 0.1) is 29.2 Å². The third-order valence-electron chi connectivity index (χ3n) is 4.93. The number of carbonyl (C=O) groups excluding carboxylic acids is 2. The number of ether oxygens (including phenoxy) is 1. The van der Waals surface area contributed by atoms with Crippen molar-refractivity contribution >= 4 is 11.7 Å². The van der Waals surface area contributed by atoms with Crippen molar-refractivity contribution in [1.29, 1.82) is 0 Å². The summed E-state index contributed by atoms with van der Waals surface area (Å²) in [7, 11) is 0. The molecular formula is C22H21N3O3. The summed E-state index contributed by atoms with van der Waals surface area (Å²) in [6.45, 7) is 3.82. The molecule has 0 aliphatic carbocycles. The van der Waals surface area contributed by atoms with Gasteiger partial charge in [-0.05, 0) is 37.6 Å². The molecular weight excluding hydrogens is 354 g/mol. The lowest BCUT2D eigenvalue weighted by atomic mass is 10.1. The third-order valence-corrected chi connectivity index (χ3v) is 4.93. The van der Waals surface area contributed by atoms with Crippen molar-refractivity contribution in [2.24, 2.45) is 0 Å². The second-order valence-corrected chi connectivity index (χ2v) is 6.88.